The van der Waals surface area contributed by atoms with Crippen molar-refractivity contribution in [2.75, 3.05) is 6.61 Å². The Morgan fingerprint density at radius 1 is 1.41 bits per heavy atom. The number of hydrogen-bond acceptors (Lipinski definition) is 3. The molecule has 1 fully saturated rings. The van der Waals surface area contributed by atoms with Crippen molar-refractivity contribution in [3.05, 3.63) is 35.9 Å². The van der Waals surface area contributed by atoms with Crippen molar-refractivity contribution in [2.24, 2.45) is 5.73 Å². The molecule has 0 heterocycles. The summed E-state index contributed by atoms with van der Waals surface area (Å²) in [4.78, 5) is 11.8. The zero-order valence-corrected chi connectivity index (χ0v) is 9.73. The lowest BCUT2D eigenvalue weighted by Gasteiger charge is -2.43. The normalized spacial score (nSPS) is 19.2. The first-order valence-corrected chi connectivity index (χ1v) is 5.92. The highest BCUT2D eigenvalue weighted by Gasteiger charge is 2.40. The van der Waals surface area contributed by atoms with Gasteiger partial charge in [-0.3, -0.25) is 4.79 Å². The third-order valence-electron chi connectivity index (χ3n) is 3.43. The van der Waals surface area contributed by atoms with Crippen molar-refractivity contribution < 1.29 is 9.90 Å². The lowest BCUT2D eigenvalue weighted by Crippen LogP contribution is -2.56. The first-order chi connectivity index (χ1) is 8.18. The Balaban J connectivity index is 2.13. The maximum Gasteiger partial charge on any atom is 0.239 e. The van der Waals surface area contributed by atoms with Crippen LogP contribution in [0, 0.1) is 0 Å². The van der Waals surface area contributed by atoms with Gasteiger partial charge in [0.1, 0.15) is 6.04 Å². The fourth-order valence-electron chi connectivity index (χ4n) is 2.18. The molecule has 1 aromatic rings. The molecule has 4 nitrogen and oxygen atoms in total. The van der Waals surface area contributed by atoms with Crippen LogP contribution in [0.1, 0.15) is 24.8 Å². The van der Waals surface area contributed by atoms with Crippen LogP contribution in [-0.2, 0) is 10.3 Å². The Kier molecular flexibility index (Phi) is 3.45. The monoisotopic (exact) mass is 234 g/mol. The van der Waals surface area contributed by atoms with E-state index in [-0.39, 0.29) is 18.1 Å². The number of nitrogens with two attached hydrogens (primary N) is 1. The second-order valence-electron chi connectivity index (χ2n) is 4.58. The van der Waals surface area contributed by atoms with Crippen LogP contribution in [0.3, 0.4) is 0 Å². The van der Waals surface area contributed by atoms with Crippen LogP contribution < -0.4 is 11.1 Å². The summed E-state index contributed by atoms with van der Waals surface area (Å²) in [7, 11) is 0. The number of rotatable bonds is 4. The summed E-state index contributed by atoms with van der Waals surface area (Å²) >= 11 is 0. The minimum absolute atomic E-state index is 0.273. The summed E-state index contributed by atoms with van der Waals surface area (Å²) in [6.45, 7) is -0.323. The highest BCUT2D eigenvalue weighted by molar-refractivity contribution is 5.82. The molecule has 4 N–H and O–H groups in total. The van der Waals surface area contributed by atoms with Gasteiger partial charge < -0.3 is 16.2 Å². The third kappa shape index (κ3) is 2.33. The smallest absolute Gasteiger partial charge is 0.239 e. The predicted octanol–water partition coefficient (Wildman–Crippen LogP) is 0.502. The average molecular weight is 234 g/mol. The van der Waals surface area contributed by atoms with E-state index in [4.69, 9.17) is 10.8 Å². The fourth-order valence-corrected chi connectivity index (χ4v) is 2.18. The van der Waals surface area contributed by atoms with E-state index in [2.05, 4.69) is 5.32 Å². The van der Waals surface area contributed by atoms with Crippen LogP contribution in [-0.4, -0.2) is 23.7 Å². The van der Waals surface area contributed by atoms with Crippen molar-refractivity contribution in [2.45, 2.75) is 30.8 Å². The summed E-state index contributed by atoms with van der Waals surface area (Å²) < 4.78 is 0. The number of carbonyl (C=O) groups excluding carboxylic acids is 1. The van der Waals surface area contributed by atoms with Gasteiger partial charge in [-0.15, -0.1) is 0 Å². The van der Waals surface area contributed by atoms with Crippen molar-refractivity contribution in [3.63, 3.8) is 0 Å². The number of amides is 1. The lowest BCUT2D eigenvalue weighted by molar-refractivity contribution is -0.126. The zero-order valence-electron chi connectivity index (χ0n) is 9.73. The van der Waals surface area contributed by atoms with Gasteiger partial charge >= 0.3 is 0 Å². The summed E-state index contributed by atoms with van der Waals surface area (Å²) in [5, 5.41) is 11.9. The Labute approximate surface area is 101 Å². The van der Waals surface area contributed by atoms with Crippen LogP contribution in [0.25, 0.3) is 0 Å². The Hall–Kier alpha value is -1.39. The molecule has 1 saturated carbocycles. The molecule has 92 valence electrons. The molecular formula is C13H18N2O2. The molecule has 1 unspecified atom stereocenters. The Morgan fingerprint density at radius 2 is 2.06 bits per heavy atom. The second kappa shape index (κ2) is 4.85. The molecular weight excluding hydrogens is 216 g/mol. The van der Waals surface area contributed by atoms with Gasteiger partial charge in [0.05, 0.1) is 12.1 Å². The van der Waals surface area contributed by atoms with Gasteiger partial charge in [0.25, 0.3) is 0 Å². The van der Waals surface area contributed by atoms with E-state index in [1.165, 1.54) is 0 Å². The van der Waals surface area contributed by atoms with Gasteiger partial charge in [-0.25, -0.2) is 0 Å². The predicted molar refractivity (Wildman–Crippen MR) is 65.2 cm³/mol. The van der Waals surface area contributed by atoms with E-state index in [9.17, 15) is 4.79 Å². The summed E-state index contributed by atoms with van der Waals surface area (Å²) in [6.07, 6.45) is 2.96. The number of benzene rings is 1. The van der Waals surface area contributed by atoms with Gasteiger partial charge in [-0.2, -0.15) is 0 Å². The number of nitrogens with one attached hydrogen (secondary N) is 1. The minimum atomic E-state index is -0.837. The Bertz CT molecular complexity index is 388. The molecule has 2 rings (SSSR count). The van der Waals surface area contributed by atoms with E-state index in [0.717, 1.165) is 24.8 Å². The van der Waals surface area contributed by atoms with E-state index >= 15 is 0 Å². The van der Waals surface area contributed by atoms with Crippen molar-refractivity contribution in [1.29, 1.82) is 0 Å². The number of carbonyl (C=O) groups is 1. The molecule has 1 amide bonds. The van der Waals surface area contributed by atoms with Crippen LogP contribution in [0.5, 0.6) is 0 Å². The zero-order chi connectivity index (χ0) is 12.3. The number of aliphatic hydroxyl groups is 1. The molecule has 0 aliphatic heterocycles. The second-order valence-corrected chi connectivity index (χ2v) is 4.58. The number of aliphatic hydroxyl groups excluding tert-OH is 1. The lowest BCUT2D eigenvalue weighted by atomic mass is 9.71. The topological polar surface area (TPSA) is 75.3 Å². The van der Waals surface area contributed by atoms with Crippen LogP contribution in [0.4, 0.5) is 0 Å². The molecule has 1 aliphatic rings. The minimum Gasteiger partial charge on any atom is -0.394 e. The van der Waals surface area contributed by atoms with Crippen molar-refractivity contribution in [3.8, 4) is 0 Å². The van der Waals surface area contributed by atoms with Crippen LogP contribution in [0.15, 0.2) is 30.3 Å². The molecule has 0 radical (unpaired) electrons. The highest BCUT2D eigenvalue weighted by atomic mass is 16.3. The van der Waals surface area contributed by atoms with E-state index in [0.29, 0.717) is 0 Å². The van der Waals surface area contributed by atoms with Crippen LogP contribution in [0.2, 0.25) is 0 Å². The molecule has 4 heteroatoms. The molecule has 0 aromatic heterocycles. The SMILES string of the molecule is NC(CO)C(=O)NC1(c2ccccc2)CCC1. The Morgan fingerprint density at radius 3 is 2.53 bits per heavy atom. The van der Waals surface area contributed by atoms with Gasteiger partial charge in [0, 0.05) is 0 Å². The fraction of sp³-hybridized carbons (Fsp3) is 0.462. The standard InChI is InChI=1S/C13H18N2O2/c14-11(9-16)12(17)15-13(7-4-8-13)10-5-2-1-3-6-10/h1-3,5-6,11,16H,4,7-9,14H2,(H,15,17). The van der Waals surface area contributed by atoms with Gasteiger partial charge in [0.15, 0.2) is 0 Å². The quantitative estimate of drug-likeness (QED) is 0.710. The van der Waals surface area contributed by atoms with Crippen LogP contribution >= 0.6 is 0 Å². The number of hydrogen-bond donors (Lipinski definition) is 3. The van der Waals surface area contributed by atoms with Gasteiger partial charge in [0.2, 0.25) is 5.91 Å². The summed E-state index contributed by atoms with van der Waals surface area (Å²) in [5.41, 5.74) is 6.36. The van der Waals surface area contributed by atoms with E-state index in [1.54, 1.807) is 0 Å². The molecule has 1 aliphatic carbocycles. The third-order valence-corrected chi connectivity index (χ3v) is 3.43. The summed E-state index contributed by atoms with van der Waals surface area (Å²) in [5.74, 6) is -0.281. The van der Waals surface area contributed by atoms with E-state index < -0.39 is 6.04 Å². The first kappa shape index (κ1) is 12.1. The molecule has 1 atom stereocenters. The highest BCUT2D eigenvalue weighted by Crippen LogP contribution is 2.41. The molecule has 0 bridgehead atoms. The van der Waals surface area contributed by atoms with Crippen molar-refractivity contribution in [1.82, 2.24) is 5.32 Å². The molecule has 1 aromatic carbocycles. The van der Waals surface area contributed by atoms with Gasteiger partial charge in [-0.1, -0.05) is 30.3 Å². The molecule has 0 spiro atoms. The molecule has 0 saturated heterocycles. The molecule has 17 heavy (non-hydrogen) atoms. The largest absolute Gasteiger partial charge is 0.394 e. The maximum absolute atomic E-state index is 11.8. The van der Waals surface area contributed by atoms with Crippen molar-refractivity contribution >= 4 is 5.91 Å². The first-order valence-electron chi connectivity index (χ1n) is 5.92. The van der Waals surface area contributed by atoms with Gasteiger partial charge in [-0.05, 0) is 24.8 Å². The van der Waals surface area contributed by atoms with E-state index in [1.807, 2.05) is 30.3 Å². The average Bonchev–Trinajstić information content (AvgIpc) is 2.33. The summed E-state index contributed by atoms with van der Waals surface area (Å²) in [6, 6.07) is 9.09. The maximum atomic E-state index is 11.8.